The molecule has 0 spiro atoms. The number of carbonyl (C=O) groups excluding carboxylic acids is 1. The average molecular weight is 419 g/mol. The summed E-state index contributed by atoms with van der Waals surface area (Å²) in [6.45, 7) is 0.976. The number of hydrogen-bond donors (Lipinski definition) is 2. The first kappa shape index (κ1) is 20.4. The van der Waals surface area contributed by atoms with Crippen LogP contribution in [-0.2, 0) is 11.0 Å². The Morgan fingerprint density at radius 2 is 1.80 bits per heavy atom. The van der Waals surface area contributed by atoms with Crippen molar-refractivity contribution in [2.75, 3.05) is 23.4 Å². The number of anilines is 2. The maximum absolute atomic E-state index is 13.9. The largest absolute Gasteiger partial charge is 0.422 e. The van der Waals surface area contributed by atoms with E-state index in [0.717, 1.165) is 31.9 Å². The van der Waals surface area contributed by atoms with Gasteiger partial charge in [0.15, 0.2) is 5.82 Å². The van der Waals surface area contributed by atoms with Crippen LogP contribution >= 0.6 is 0 Å². The summed E-state index contributed by atoms with van der Waals surface area (Å²) in [6.07, 6.45) is 0.294. The summed E-state index contributed by atoms with van der Waals surface area (Å²) in [5.41, 5.74) is 4.98. The lowest BCUT2D eigenvalue weighted by Gasteiger charge is -2.35. The number of hydrazine groups is 1. The van der Waals surface area contributed by atoms with E-state index in [1.54, 1.807) is 4.90 Å². The predicted molar refractivity (Wildman–Crippen MR) is 107 cm³/mol. The molecule has 30 heavy (non-hydrogen) atoms. The van der Waals surface area contributed by atoms with Gasteiger partial charge < -0.3 is 4.90 Å². The van der Waals surface area contributed by atoms with Crippen LogP contribution in [0.3, 0.4) is 0 Å². The van der Waals surface area contributed by atoms with Gasteiger partial charge in [-0.1, -0.05) is 30.3 Å². The molecule has 0 radical (unpaired) electrons. The van der Waals surface area contributed by atoms with Crippen molar-refractivity contribution in [2.45, 2.75) is 44.2 Å². The minimum absolute atomic E-state index is 0.0112. The fraction of sp³-hybridized carbons (Fsp3) is 0.476. The summed E-state index contributed by atoms with van der Waals surface area (Å²) in [5.74, 6) is -0.168. The Bertz CT molecular complexity index is 878. The van der Waals surface area contributed by atoms with E-state index in [-0.39, 0.29) is 11.6 Å². The van der Waals surface area contributed by atoms with Gasteiger partial charge in [-0.15, -0.1) is 5.10 Å². The SMILES string of the molecule is O=C(CC1CC1)NNc1nncc(N2CCC(c3ccccc3)CC2)c1C(F)(F)F. The maximum Gasteiger partial charge on any atom is 0.422 e. The van der Waals surface area contributed by atoms with Gasteiger partial charge in [0.2, 0.25) is 5.91 Å². The minimum atomic E-state index is -4.63. The average Bonchev–Trinajstić information content (AvgIpc) is 3.56. The van der Waals surface area contributed by atoms with Crippen LogP contribution in [0.1, 0.15) is 49.1 Å². The molecule has 1 amide bonds. The summed E-state index contributed by atoms with van der Waals surface area (Å²) in [6, 6.07) is 10.0. The molecule has 1 saturated carbocycles. The second-order valence-electron chi connectivity index (χ2n) is 7.94. The van der Waals surface area contributed by atoms with E-state index < -0.39 is 17.6 Å². The third-order valence-corrected chi connectivity index (χ3v) is 5.71. The summed E-state index contributed by atoms with van der Waals surface area (Å²) >= 11 is 0. The van der Waals surface area contributed by atoms with Crippen molar-refractivity contribution in [2.24, 2.45) is 5.92 Å². The molecule has 9 heteroatoms. The first-order chi connectivity index (χ1) is 14.4. The highest BCUT2D eigenvalue weighted by Crippen LogP contribution is 2.41. The Morgan fingerprint density at radius 3 is 2.43 bits per heavy atom. The highest BCUT2D eigenvalue weighted by Gasteiger charge is 2.40. The third kappa shape index (κ3) is 4.83. The van der Waals surface area contributed by atoms with Gasteiger partial charge in [0.1, 0.15) is 5.56 Å². The number of piperidine rings is 1. The van der Waals surface area contributed by atoms with Crippen LogP contribution in [0, 0.1) is 5.92 Å². The molecule has 1 aliphatic heterocycles. The molecule has 1 aliphatic carbocycles. The topological polar surface area (TPSA) is 70.1 Å². The molecular formula is C21H24F3N5O. The molecular weight excluding hydrogens is 395 g/mol. The normalized spacial score (nSPS) is 17.6. The molecule has 1 aromatic heterocycles. The highest BCUT2D eigenvalue weighted by atomic mass is 19.4. The number of aromatic nitrogens is 2. The van der Waals surface area contributed by atoms with E-state index >= 15 is 0 Å². The number of hydrogen-bond acceptors (Lipinski definition) is 5. The number of nitrogens with one attached hydrogen (secondary N) is 2. The van der Waals surface area contributed by atoms with Crippen molar-refractivity contribution >= 4 is 17.4 Å². The quantitative estimate of drug-likeness (QED) is 0.690. The van der Waals surface area contributed by atoms with Gasteiger partial charge in [-0.05, 0) is 43.1 Å². The molecule has 2 N–H and O–H groups in total. The second-order valence-corrected chi connectivity index (χ2v) is 7.94. The highest BCUT2D eigenvalue weighted by molar-refractivity contribution is 5.78. The van der Waals surface area contributed by atoms with Crippen LogP contribution in [0.2, 0.25) is 0 Å². The van der Waals surface area contributed by atoms with E-state index in [2.05, 4.69) is 33.2 Å². The molecule has 2 aromatic rings. The summed E-state index contributed by atoms with van der Waals surface area (Å²) in [5, 5.41) is 7.36. The minimum Gasteiger partial charge on any atom is -0.370 e. The van der Waals surface area contributed by atoms with Crippen LogP contribution < -0.4 is 15.8 Å². The molecule has 160 valence electrons. The first-order valence-electron chi connectivity index (χ1n) is 10.2. The van der Waals surface area contributed by atoms with Crippen molar-refractivity contribution in [1.29, 1.82) is 0 Å². The Hall–Kier alpha value is -2.84. The zero-order valence-electron chi connectivity index (χ0n) is 16.5. The van der Waals surface area contributed by atoms with E-state index in [1.165, 1.54) is 5.56 Å². The van der Waals surface area contributed by atoms with Gasteiger partial charge in [0.25, 0.3) is 0 Å². The van der Waals surface area contributed by atoms with Gasteiger partial charge in [-0.3, -0.25) is 15.6 Å². The fourth-order valence-corrected chi connectivity index (χ4v) is 3.93. The maximum atomic E-state index is 13.9. The second kappa shape index (κ2) is 8.49. The van der Waals surface area contributed by atoms with Crippen LogP contribution in [0.5, 0.6) is 0 Å². The summed E-state index contributed by atoms with van der Waals surface area (Å²) in [7, 11) is 0. The zero-order valence-corrected chi connectivity index (χ0v) is 16.5. The number of alkyl halides is 3. The zero-order chi connectivity index (χ0) is 21.1. The van der Waals surface area contributed by atoms with E-state index in [1.807, 2.05) is 18.2 Å². The summed E-state index contributed by atoms with van der Waals surface area (Å²) in [4.78, 5) is 13.6. The Labute approximate surface area is 172 Å². The number of carbonyl (C=O) groups is 1. The lowest BCUT2D eigenvalue weighted by molar-refractivity contribution is -0.137. The van der Waals surface area contributed by atoms with Crippen LogP contribution in [0.15, 0.2) is 36.5 Å². The molecule has 2 aliphatic rings. The van der Waals surface area contributed by atoms with Crippen molar-refractivity contribution in [1.82, 2.24) is 15.6 Å². The van der Waals surface area contributed by atoms with Crippen molar-refractivity contribution in [3.63, 3.8) is 0 Å². The van der Waals surface area contributed by atoms with Gasteiger partial charge in [-0.2, -0.15) is 18.3 Å². The van der Waals surface area contributed by atoms with Crippen molar-refractivity contribution in [3.05, 3.63) is 47.7 Å². The first-order valence-corrected chi connectivity index (χ1v) is 10.2. The van der Waals surface area contributed by atoms with Crippen molar-refractivity contribution in [3.8, 4) is 0 Å². The van der Waals surface area contributed by atoms with Crippen LogP contribution in [-0.4, -0.2) is 29.2 Å². The van der Waals surface area contributed by atoms with Crippen LogP contribution in [0.4, 0.5) is 24.7 Å². The Morgan fingerprint density at radius 1 is 1.10 bits per heavy atom. The van der Waals surface area contributed by atoms with Crippen LogP contribution in [0.25, 0.3) is 0 Å². The molecule has 1 aromatic carbocycles. The fourth-order valence-electron chi connectivity index (χ4n) is 3.93. The number of rotatable bonds is 6. The lowest BCUT2D eigenvalue weighted by Crippen LogP contribution is -2.36. The van der Waals surface area contributed by atoms with Crippen molar-refractivity contribution < 1.29 is 18.0 Å². The molecule has 0 atom stereocenters. The number of nitrogens with zero attached hydrogens (tertiary/aromatic N) is 3. The van der Waals surface area contributed by atoms with E-state index in [9.17, 15) is 18.0 Å². The molecule has 6 nitrogen and oxygen atoms in total. The van der Waals surface area contributed by atoms with Gasteiger partial charge >= 0.3 is 6.18 Å². The van der Waals surface area contributed by atoms with Gasteiger partial charge in [0.05, 0.1) is 11.9 Å². The van der Waals surface area contributed by atoms with Gasteiger partial charge in [-0.25, -0.2) is 0 Å². The van der Waals surface area contributed by atoms with Gasteiger partial charge in [0, 0.05) is 19.5 Å². The molecule has 0 bridgehead atoms. The standard InChI is InChI=1S/C21H24F3N5O/c22-21(23,24)19-17(13-25-27-20(19)28-26-18(30)12-14-6-7-14)29-10-8-16(9-11-29)15-4-2-1-3-5-15/h1-5,13-14,16H,6-12H2,(H,26,30)(H,27,28). The predicted octanol–water partition coefficient (Wildman–Crippen LogP) is 4.12. The molecule has 2 fully saturated rings. The molecule has 4 rings (SSSR count). The van der Waals surface area contributed by atoms with E-state index in [0.29, 0.717) is 31.3 Å². The lowest BCUT2D eigenvalue weighted by atomic mass is 9.89. The summed E-state index contributed by atoms with van der Waals surface area (Å²) < 4.78 is 41.7. The monoisotopic (exact) mass is 419 g/mol. The number of benzene rings is 1. The number of halogens is 3. The number of amides is 1. The molecule has 0 unspecified atom stereocenters. The smallest absolute Gasteiger partial charge is 0.370 e. The third-order valence-electron chi connectivity index (χ3n) is 5.71. The Kier molecular flexibility index (Phi) is 5.78. The molecule has 2 heterocycles. The Balaban J connectivity index is 1.49. The molecule has 1 saturated heterocycles. The van der Waals surface area contributed by atoms with E-state index in [4.69, 9.17) is 0 Å².